The Hall–Kier alpha value is -2.79. The molecule has 112 valence electrons. The lowest BCUT2D eigenvalue weighted by Crippen LogP contribution is -2.36. The molecule has 0 aromatic heterocycles. The van der Waals surface area contributed by atoms with Gasteiger partial charge in [0.1, 0.15) is 0 Å². The van der Waals surface area contributed by atoms with Crippen molar-refractivity contribution in [1.82, 2.24) is 10.6 Å². The van der Waals surface area contributed by atoms with Crippen LogP contribution in [0.25, 0.3) is 6.08 Å². The molecule has 2 rings (SSSR count). The van der Waals surface area contributed by atoms with Crippen molar-refractivity contribution in [3.8, 4) is 0 Å². The minimum atomic E-state index is -0.634. The van der Waals surface area contributed by atoms with Crippen LogP contribution in [-0.2, 0) is 0 Å². The van der Waals surface area contributed by atoms with Crippen LogP contribution in [0.3, 0.4) is 0 Å². The van der Waals surface area contributed by atoms with E-state index in [-0.39, 0.29) is 0 Å². The highest BCUT2D eigenvalue weighted by atomic mass is 35.5. The fourth-order valence-corrected chi connectivity index (χ4v) is 1.86. The average Bonchev–Trinajstić information content (AvgIpc) is 2.50. The molecule has 0 saturated carbocycles. The van der Waals surface area contributed by atoms with E-state index in [0.717, 1.165) is 5.56 Å². The van der Waals surface area contributed by atoms with Gasteiger partial charge in [0.15, 0.2) is 0 Å². The summed E-state index contributed by atoms with van der Waals surface area (Å²) in [7, 11) is 0. The van der Waals surface area contributed by atoms with E-state index >= 15 is 0 Å². The topological polar surface area (TPSA) is 84.2 Å². The summed E-state index contributed by atoms with van der Waals surface area (Å²) in [5.41, 5.74) is 7.18. The Labute approximate surface area is 132 Å². The maximum Gasteiger partial charge on any atom is 0.325 e. The molecular formula is C16H14ClN3O2. The molecule has 3 amide bonds. The SMILES string of the molecule is Nc1ccc(C(=O)NC(=O)N/C=C/c2ccccc2Cl)cc1. The van der Waals surface area contributed by atoms with Crippen LogP contribution in [0, 0.1) is 0 Å². The summed E-state index contributed by atoms with van der Waals surface area (Å²) in [6.07, 6.45) is 3.04. The van der Waals surface area contributed by atoms with Crippen molar-refractivity contribution < 1.29 is 9.59 Å². The molecule has 0 aliphatic heterocycles. The Balaban J connectivity index is 1.89. The number of nitrogens with one attached hydrogen (secondary N) is 2. The van der Waals surface area contributed by atoms with E-state index in [9.17, 15) is 9.59 Å². The van der Waals surface area contributed by atoms with E-state index in [0.29, 0.717) is 16.3 Å². The number of carbonyl (C=O) groups excluding carboxylic acids is 2. The third-order valence-corrected chi connectivity index (χ3v) is 3.13. The molecule has 0 radical (unpaired) electrons. The lowest BCUT2D eigenvalue weighted by molar-refractivity contribution is 0.0965. The molecule has 0 bridgehead atoms. The molecule has 0 aliphatic rings. The quantitative estimate of drug-likeness (QED) is 0.761. The number of carbonyl (C=O) groups is 2. The number of rotatable bonds is 3. The van der Waals surface area contributed by atoms with Crippen molar-refractivity contribution in [1.29, 1.82) is 0 Å². The number of hydrogen-bond acceptors (Lipinski definition) is 3. The molecule has 0 saturated heterocycles. The maximum atomic E-state index is 11.8. The summed E-state index contributed by atoms with van der Waals surface area (Å²) >= 11 is 5.97. The zero-order valence-electron chi connectivity index (χ0n) is 11.5. The van der Waals surface area contributed by atoms with E-state index in [1.165, 1.54) is 18.3 Å². The number of imide groups is 1. The summed E-state index contributed by atoms with van der Waals surface area (Å²) < 4.78 is 0. The molecule has 0 unspecified atom stereocenters. The van der Waals surface area contributed by atoms with Gasteiger partial charge in [0.25, 0.3) is 5.91 Å². The van der Waals surface area contributed by atoms with Gasteiger partial charge in [-0.3, -0.25) is 10.1 Å². The zero-order chi connectivity index (χ0) is 15.9. The fourth-order valence-electron chi connectivity index (χ4n) is 1.66. The van der Waals surface area contributed by atoms with Crippen molar-refractivity contribution in [3.05, 3.63) is 70.9 Å². The number of nitrogen functional groups attached to an aromatic ring is 1. The second kappa shape index (κ2) is 7.28. The Kier molecular flexibility index (Phi) is 5.16. The Bertz CT molecular complexity index is 712. The Morgan fingerprint density at radius 3 is 2.41 bits per heavy atom. The smallest absolute Gasteiger partial charge is 0.325 e. The van der Waals surface area contributed by atoms with Gasteiger partial charge in [-0.15, -0.1) is 0 Å². The molecule has 0 heterocycles. The minimum absolute atomic E-state index is 0.347. The average molecular weight is 316 g/mol. The van der Waals surface area contributed by atoms with Gasteiger partial charge in [0.2, 0.25) is 0 Å². The number of anilines is 1. The summed E-state index contributed by atoms with van der Waals surface area (Å²) in [5, 5.41) is 5.21. The fraction of sp³-hybridized carbons (Fsp3) is 0. The number of amides is 3. The van der Waals surface area contributed by atoms with Gasteiger partial charge in [0, 0.05) is 22.5 Å². The summed E-state index contributed by atoms with van der Waals surface area (Å²) in [4.78, 5) is 23.4. The van der Waals surface area contributed by atoms with Crippen LogP contribution in [-0.4, -0.2) is 11.9 Å². The zero-order valence-corrected chi connectivity index (χ0v) is 12.3. The molecule has 2 aromatic carbocycles. The van der Waals surface area contributed by atoms with E-state index in [4.69, 9.17) is 17.3 Å². The van der Waals surface area contributed by atoms with Gasteiger partial charge >= 0.3 is 6.03 Å². The third-order valence-electron chi connectivity index (χ3n) is 2.78. The van der Waals surface area contributed by atoms with E-state index in [1.54, 1.807) is 30.3 Å². The van der Waals surface area contributed by atoms with Crippen molar-refractivity contribution in [2.24, 2.45) is 0 Å². The van der Waals surface area contributed by atoms with E-state index in [1.807, 2.05) is 12.1 Å². The van der Waals surface area contributed by atoms with E-state index < -0.39 is 11.9 Å². The largest absolute Gasteiger partial charge is 0.399 e. The first-order valence-electron chi connectivity index (χ1n) is 6.45. The second-order valence-corrected chi connectivity index (χ2v) is 4.81. The van der Waals surface area contributed by atoms with Crippen LogP contribution in [0.5, 0.6) is 0 Å². The maximum absolute atomic E-state index is 11.8. The van der Waals surface area contributed by atoms with Crippen LogP contribution < -0.4 is 16.4 Å². The Morgan fingerprint density at radius 2 is 1.73 bits per heavy atom. The first kappa shape index (κ1) is 15.6. The summed E-state index contributed by atoms with van der Waals surface area (Å²) in [5.74, 6) is -0.511. The van der Waals surface area contributed by atoms with Crippen molar-refractivity contribution >= 4 is 35.3 Å². The summed E-state index contributed by atoms with van der Waals surface area (Å²) in [6, 6.07) is 12.8. The minimum Gasteiger partial charge on any atom is -0.399 e. The van der Waals surface area contributed by atoms with Gasteiger partial charge in [-0.2, -0.15) is 0 Å². The number of hydrogen-bond donors (Lipinski definition) is 3. The van der Waals surface area contributed by atoms with Gasteiger partial charge in [-0.05, 0) is 42.0 Å². The molecule has 0 aliphatic carbocycles. The first-order chi connectivity index (χ1) is 10.6. The van der Waals surface area contributed by atoms with Gasteiger partial charge < -0.3 is 11.1 Å². The molecule has 6 heteroatoms. The standard InChI is InChI=1S/C16H14ClN3O2/c17-14-4-2-1-3-11(14)9-10-19-16(22)20-15(21)12-5-7-13(18)8-6-12/h1-10H,18H2,(H2,19,20,21,22)/b10-9+. The van der Waals surface area contributed by atoms with Crippen molar-refractivity contribution in [3.63, 3.8) is 0 Å². The van der Waals surface area contributed by atoms with Crippen LogP contribution in [0.2, 0.25) is 5.02 Å². The van der Waals surface area contributed by atoms with Crippen LogP contribution in [0.15, 0.2) is 54.7 Å². The lowest BCUT2D eigenvalue weighted by atomic mass is 10.2. The number of nitrogens with two attached hydrogens (primary N) is 1. The molecule has 2 aromatic rings. The summed E-state index contributed by atoms with van der Waals surface area (Å²) in [6.45, 7) is 0. The van der Waals surface area contributed by atoms with Crippen LogP contribution in [0.1, 0.15) is 15.9 Å². The molecule has 0 spiro atoms. The highest BCUT2D eigenvalue weighted by molar-refractivity contribution is 6.32. The molecule has 4 N–H and O–H groups in total. The van der Waals surface area contributed by atoms with Gasteiger partial charge in [-0.25, -0.2) is 4.79 Å². The highest BCUT2D eigenvalue weighted by Gasteiger charge is 2.08. The van der Waals surface area contributed by atoms with Gasteiger partial charge in [-0.1, -0.05) is 29.8 Å². The molecule has 0 atom stereocenters. The lowest BCUT2D eigenvalue weighted by Gasteiger charge is -2.04. The van der Waals surface area contributed by atoms with Crippen molar-refractivity contribution in [2.75, 3.05) is 5.73 Å². The second-order valence-electron chi connectivity index (χ2n) is 4.40. The van der Waals surface area contributed by atoms with Gasteiger partial charge in [0.05, 0.1) is 0 Å². The number of halogens is 1. The third kappa shape index (κ3) is 4.36. The monoisotopic (exact) mass is 315 g/mol. The molecule has 22 heavy (non-hydrogen) atoms. The van der Waals surface area contributed by atoms with E-state index in [2.05, 4.69) is 10.6 Å². The molecule has 5 nitrogen and oxygen atoms in total. The molecule has 0 fully saturated rings. The van der Waals surface area contributed by atoms with Crippen LogP contribution >= 0.6 is 11.6 Å². The normalized spacial score (nSPS) is 10.4. The number of urea groups is 1. The first-order valence-corrected chi connectivity index (χ1v) is 6.82. The molecular weight excluding hydrogens is 302 g/mol. The van der Waals surface area contributed by atoms with Crippen molar-refractivity contribution in [2.45, 2.75) is 0 Å². The predicted molar refractivity (Wildman–Crippen MR) is 87.3 cm³/mol. The van der Waals surface area contributed by atoms with Crippen LogP contribution in [0.4, 0.5) is 10.5 Å². The number of benzene rings is 2. The Morgan fingerprint density at radius 1 is 1.05 bits per heavy atom. The highest BCUT2D eigenvalue weighted by Crippen LogP contribution is 2.15. The predicted octanol–water partition coefficient (Wildman–Crippen LogP) is 3.03.